The molecule has 0 aliphatic carbocycles. The highest BCUT2D eigenvalue weighted by molar-refractivity contribution is 5.99. The molecule has 0 radical (unpaired) electrons. The molecule has 1 atom stereocenters. The monoisotopic (exact) mass is 386 g/mol. The van der Waals surface area contributed by atoms with Gasteiger partial charge >= 0.3 is 0 Å². The van der Waals surface area contributed by atoms with Crippen LogP contribution in [-0.2, 0) is 4.79 Å². The van der Waals surface area contributed by atoms with Crippen LogP contribution in [0.1, 0.15) is 42.6 Å². The van der Waals surface area contributed by atoms with Gasteiger partial charge in [0.25, 0.3) is 5.91 Å². The van der Waals surface area contributed by atoms with Gasteiger partial charge in [0, 0.05) is 32.0 Å². The number of aromatic hydroxyl groups is 2. The highest BCUT2D eigenvalue weighted by atomic mass is 16.3. The van der Waals surface area contributed by atoms with Gasteiger partial charge in [-0.3, -0.25) is 14.3 Å². The van der Waals surface area contributed by atoms with Gasteiger partial charge in [0.05, 0.1) is 0 Å². The van der Waals surface area contributed by atoms with Crippen LogP contribution in [0, 0.1) is 5.92 Å². The van der Waals surface area contributed by atoms with Crippen molar-refractivity contribution in [1.82, 2.24) is 20.0 Å². The Morgan fingerprint density at radius 3 is 2.46 bits per heavy atom. The number of piperidine rings is 1. The molecular weight excluding hydrogens is 360 g/mol. The van der Waals surface area contributed by atoms with E-state index in [2.05, 4.69) is 10.4 Å². The number of amides is 2. The molecule has 0 bridgehead atoms. The van der Waals surface area contributed by atoms with Gasteiger partial charge in [-0.05, 0) is 43.4 Å². The van der Waals surface area contributed by atoms with Crippen LogP contribution >= 0.6 is 0 Å². The average molecular weight is 386 g/mol. The molecule has 1 fully saturated rings. The van der Waals surface area contributed by atoms with Crippen molar-refractivity contribution in [3.8, 4) is 11.5 Å². The Hall–Kier alpha value is -3.03. The van der Waals surface area contributed by atoms with Crippen LogP contribution in [-0.4, -0.2) is 56.3 Å². The van der Waals surface area contributed by atoms with Gasteiger partial charge < -0.3 is 20.4 Å². The highest BCUT2D eigenvalue weighted by Gasteiger charge is 2.28. The molecule has 1 aliphatic heterocycles. The van der Waals surface area contributed by atoms with E-state index in [1.54, 1.807) is 28.0 Å². The number of aromatic nitrogens is 2. The maximum atomic E-state index is 12.6. The topological polar surface area (TPSA) is 108 Å². The summed E-state index contributed by atoms with van der Waals surface area (Å²) in [5, 5.41) is 26.9. The summed E-state index contributed by atoms with van der Waals surface area (Å²) >= 11 is 0. The summed E-state index contributed by atoms with van der Waals surface area (Å²) in [6.07, 6.45) is 5.60. The Morgan fingerprint density at radius 2 is 1.89 bits per heavy atom. The molecule has 2 heterocycles. The Kier molecular flexibility index (Phi) is 6.18. The van der Waals surface area contributed by atoms with E-state index in [1.807, 2.05) is 6.92 Å². The molecule has 3 rings (SSSR count). The van der Waals surface area contributed by atoms with Crippen molar-refractivity contribution >= 4 is 11.8 Å². The molecule has 1 aromatic carbocycles. The molecule has 0 unspecified atom stereocenters. The van der Waals surface area contributed by atoms with Crippen molar-refractivity contribution < 1.29 is 19.8 Å². The van der Waals surface area contributed by atoms with E-state index in [0.29, 0.717) is 26.1 Å². The third kappa shape index (κ3) is 4.27. The summed E-state index contributed by atoms with van der Waals surface area (Å²) in [7, 11) is 0. The SMILES string of the molecule is CC[C@@H](C(=O)NCC1CCN(C(=O)c2c(O)cccc2O)CC1)n1cccn1. The van der Waals surface area contributed by atoms with Crippen LogP contribution < -0.4 is 5.32 Å². The van der Waals surface area contributed by atoms with E-state index in [-0.39, 0.29) is 40.8 Å². The van der Waals surface area contributed by atoms with Gasteiger partial charge in [-0.25, -0.2) is 0 Å². The van der Waals surface area contributed by atoms with E-state index in [4.69, 9.17) is 0 Å². The minimum Gasteiger partial charge on any atom is -0.507 e. The van der Waals surface area contributed by atoms with Crippen molar-refractivity contribution in [2.45, 2.75) is 32.2 Å². The number of rotatable bonds is 6. The van der Waals surface area contributed by atoms with Crippen LogP contribution in [0.15, 0.2) is 36.7 Å². The smallest absolute Gasteiger partial charge is 0.261 e. The Labute approximate surface area is 163 Å². The maximum absolute atomic E-state index is 12.6. The second kappa shape index (κ2) is 8.77. The summed E-state index contributed by atoms with van der Waals surface area (Å²) in [5.74, 6) is -0.583. The number of phenols is 2. The molecule has 28 heavy (non-hydrogen) atoms. The zero-order chi connectivity index (χ0) is 20.1. The second-order valence-electron chi connectivity index (χ2n) is 7.06. The molecule has 8 heteroatoms. The zero-order valence-corrected chi connectivity index (χ0v) is 15.9. The number of nitrogens with zero attached hydrogens (tertiary/aromatic N) is 3. The quantitative estimate of drug-likeness (QED) is 0.703. The van der Waals surface area contributed by atoms with E-state index in [1.165, 1.54) is 18.2 Å². The van der Waals surface area contributed by atoms with Crippen molar-refractivity contribution in [3.05, 3.63) is 42.2 Å². The fourth-order valence-corrected chi connectivity index (χ4v) is 3.57. The van der Waals surface area contributed by atoms with E-state index < -0.39 is 0 Å². The zero-order valence-electron chi connectivity index (χ0n) is 15.9. The van der Waals surface area contributed by atoms with Gasteiger partial charge in [0.15, 0.2) is 0 Å². The maximum Gasteiger partial charge on any atom is 0.261 e. The Balaban J connectivity index is 1.50. The van der Waals surface area contributed by atoms with Crippen LogP contribution in [0.2, 0.25) is 0 Å². The average Bonchev–Trinajstić information content (AvgIpc) is 3.21. The number of phenolic OH excluding ortho intramolecular Hbond substituents is 2. The molecule has 1 aliphatic rings. The summed E-state index contributed by atoms with van der Waals surface area (Å²) in [6, 6.07) is 5.74. The van der Waals surface area contributed by atoms with Crippen molar-refractivity contribution in [2.75, 3.05) is 19.6 Å². The first-order valence-electron chi connectivity index (χ1n) is 9.58. The van der Waals surface area contributed by atoms with Crippen LogP contribution in [0.4, 0.5) is 0 Å². The van der Waals surface area contributed by atoms with Crippen LogP contribution in [0.25, 0.3) is 0 Å². The van der Waals surface area contributed by atoms with Crippen molar-refractivity contribution in [2.24, 2.45) is 5.92 Å². The van der Waals surface area contributed by atoms with Crippen molar-refractivity contribution in [1.29, 1.82) is 0 Å². The predicted molar refractivity (Wildman–Crippen MR) is 103 cm³/mol. The number of carbonyl (C=O) groups is 2. The molecule has 2 amide bonds. The third-order valence-corrected chi connectivity index (χ3v) is 5.23. The molecular formula is C20H26N4O4. The first-order chi connectivity index (χ1) is 13.5. The molecule has 8 nitrogen and oxygen atoms in total. The molecule has 3 N–H and O–H groups in total. The summed E-state index contributed by atoms with van der Waals surface area (Å²) in [4.78, 5) is 26.7. The normalized spacial score (nSPS) is 16.0. The number of hydrogen-bond donors (Lipinski definition) is 3. The molecule has 1 aromatic heterocycles. The number of hydrogen-bond acceptors (Lipinski definition) is 5. The third-order valence-electron chi connectivity index (χ3n) is 5.23. The lowest BCUT2D eigenvalue weighted by molar-refractivity contribution is -0.125. The van der Waals surface area contributed by atoms with Gasteiger partial charge in [0.2, 0.25) is 5.91 Å². The summed E-state index contributed by atoms with van der Waals surface area (Å²) in [6.45, 7) is 3.54. The van der Waals surface area contributed by atoms with Crippen molar-refractivity contribution in [3.63, 3.8) is 0 Å². The van der Waals surface area contributed by atoms with E-state index in [0.717, 1.165) is 12.8 Å². The Morgan fingerprint density at radius 1 is 1.21 bits per heavy atom. The molecule has 0 spiro atoms. The Bertz CT molecular complexity index is 793. The summed E-state index contributed by atoms with van der Waals surface area (Å²) in [5.41, 5.74) is -0.0562. The predicted octanol–water partition coefficient (Wildman–Crippen LogP) is 1.91. The minimum atomic E-state index is -0.372. The largest absolute Gasteiger partial charge is 0.507 e. The number of benzene rings is 1. The van der Waals surface area contributed by atoms with E-state index in [9.17, 15) is 19.8 Å². The van der Waals surface area contributed by atoms with Gasteiger partial charge in [-0.1, -0.05) is 13.0 Å². The number of nitrogens with one attached hydrogen (secondary N) is 1. The fourth-order valence-electron chi connectivity index (χ4n) is 3.57. The lowest BCUT2D eigenvalue weighted by Gasteiger charge is -2.32. The molecule has 150 valence electrons. The van der Waals surface area contributed by atoms with Gasteiger partial charge in [-0.15, -0.1) is 0 Å². The van der Waals surface area contributed by atoms with Gasteiger partial charge in [0.1, 0.15) is 23.1 Å². The van der Waals surface area contributed by atoms with Gasteiger partial charge in [-0.2, -0.15) is 5.10 Å². The molecule has 2 aromatic rings. The lowest BCUT2D eigenvalue weighted by Crippen LogP contribution is -2.42. The minimum absolute atomic E-state index is 0.0520. The number of likely N-dealkylation sites (tertiary alicyclic amines) is 1. The second-order valence-corrected chi connectivity index (χ2v) is 7.06. The molecule has 1 saturated heterocycles. The standard InChI is InChI=1S/C20H26N4O4/c1-2-15(24-10-4-9-22-24)19(27)21-13-14-7-11-23(12-8-14)20(28)18-16(25)5-3-6-17(18)26/h3-6,9-10,14-15,25-26H,2,7-8,11-13H2,1H3,(H,21,27)/t15-/m0/s1. The molecule has 0 saturated carbocycles. The summed E-state index contributed by atoms with van der Waals surface area (Å²) < 4.78 is 1.66. The first-order valence-corrected chi connectivity index (χ1v) is 9.58. The highest BCUT2D eigenvalue weighted by Crippen LogP contribution is 2.29. The van der Waals surface area contributed by atoms with Crippen LogP contribution in [0.3, 0.4) is 0 Å². The van der Waals surface area contributed by atoms with Crippen LogP contribution in [0.5, 0.6) is 11.5 Å². The first kappa shape index (κ1) is 19.7. The fraction of sp³-hybridized carbons (Fsp3) is 0.450. The van der Waals surface area contributed by atoms with E-state index >= 15 is 0 Å². The number of carbonyl (C=O) groups excluding carboxylic acids is 2. The lowest BCUT2D eigenvalue weighted by atomic mass is 9.96.